The number of aryl methyl sites for hydroxylation is 1. The molecule has 1 aromatic heterocycles. The van der Waals surface area contributed by atoms with E-state index in [4.69, 9.17) is 27.6 Å². The van der Waals surface area contributed by atoms with Crippen molar-refractivity contribution in [2.24, 2.45) is 0 Å². The van der Waals surface area contributed by atoms with Crippen molar-refractivity contribution in [2.45, 2.75) is 6.92 Å². The summed E-state index contributed by atoms with van der Waals surface area (Å²) in [5.41, 5.74) is 2.43. The third-order valence-electron chi connectivity index (χ3n) is 2.93. The lowest BCUT2D eigenvalue weighted by Gasteiger charge is -2.09. The maximum absolute atomic E-state index is 12.0. The fourth-order valence-corrected chi connectivity index (χ4v) is 2.45. The zero-order valence-corrected chi connectivity index (χ0v) is 13.0. The molecule has 0 bridgehead atoms. The first-order valence-electron chi connectivity index (χ1n) is 6.41. The van der Waals surface area contributed by atoms with Gasteiger partial charge in [0.25, 0.3) is 0 Å². The molecule has 7 heteroatoms. The van der Waals surface area contributed by atoms with E-state index in [-0.39, 0.29) is 0 Å². The van der Waals surface area contributed by atoms with Gasteiger partial charge < -0.3 is 15.1 Å². The van der Waals surface area contributed by atoms with E-state index in [1.54, 1.807) is 43.3 Å². The molecule has 5 nitrogen and oxygen atoms in total. The normalized spacial score (nSPS) is 10.7. The Labute approximate surface area is 136 Å². The highest BCUT2D eigenvalue weighted by Crippen LogP contribution is 2.26. The maximum Gasteiger partial charge on any atom is 0.323 e. The first-order valence-corrected chi connectivity index (χ1v) is 7.17. The molecule has 1 heterocycles. The van der Waals surface area contributed by atoms with Crippen LogP contribution in [0.3, 0.4) is 0 Å². The molecule has 22 heavy (non-hydrogen) atoms. The largest absolute Gasteiger partial charge is 0.441 e. The van der Waals surface area contributed by atoms with E-state index in [0.717, 1.165) is 0 Å². The minimum absolute atomic E-state index is 0.366. The fraction of sp³-hybridized carbons (Fsp3) is 0.0667. The Bertz CT molecular complexity index is 861. The Hall–Kier alpha value is -2.24. The summed E-state index contributed by atoms with van der Waals surface area (Å²) in [4.78, 5) is 16.2. The topological polar surface area (TPSA) is 67.2 Å². The summed E-state index contributed by atoms with van der Waals surface area (Å²) in [5.74, 6) is 0.574. The van der Waals surface area contributed by atoms with Crippen LogP contribution in [0.5, 0.6) is 0 Å². The van der Waals surface area contributed by atoms with E-state index in [1.165, 1.54) is 0 Å². The lowest BCUT2D eigenvalue weighted by molar-refractivity contribution is 0.262. The van der Waals surface area contributed by atoms with E-state index < -0.39 is 6.03 Å². The molecule has 0 spiro atoms. The van der Waals surface area contributed by atoms with Crippen LogP contribution in [0, 0.1) is 6.92 Å². The third kappa shape index (κ3) is 3.16. The molecule has 2 N–H and O–H groups in total. The number of carbonyl (C=O) groups is 1. The van der Waals surface area contributed by atoms with Crippen LogP contribution in [0.25, 0.3) is 11.1 Å². The van der Waals surface area contributed by atoms with Gasteiger partial charge in [-0.15, -0.1) is 0 Å². The number of oxazole rings is 1. The average Bonchev–Trinajstić information content (AvgIpc) is 2.81. The van der Waals surface area contributed by atoms with E-state index in [1.807, 2.05) is 0 Å². The standard InChI is InChI=1S/C15H11Cl2N3O2/c1-8-18-13-7-10(3-5-14(13)22-8)19-15(21)20-12-4-2-9(16)6-11(12)17/h2-7H,1H3,(H2,19,20,21). The average molecular weight is 336 g/mol. The van der Waals surface area contributed by atoms with Gasteiger partial charge in [0, 0.05) is 17.6 Å². The predicted molar refractivity (Wildman–Crippen MR) is 87.8 cm³/mol. The number of rotatable bonds is 2. The zero-order chi connectivity index (χ0) is 15.7. The number of urea groups is 1. The molecular weight excluding hydrogens is 325 g/mol. The molecule has 0 aliphatic carbocycles. The molecule has 3 rings (SSSR count). The van der Waals surface area contributed by atoms with Crippen LogP contribution >= 0.6 is 23.2 Å². The minimum atomic E-state index is -0.413. The van der Waals surface area contributed by atoms with Gasteiger partial charge in [-0.05, 0) is 36.4 Å². The molecule has 0 saturated carbocycles. The fourth-order valence-electron chi connectivity index (χ4n) is 2.00. The zero-order valence-electron chi connectivity index (χ0n) is 11.5. The highest BCUT2D eigenvalue weighted by molar-refractivity contribution is 6.36. The van der Waals surface area contributed by atoms with Gasteiger partial charge in [0.1, 0.15) is 5.52 Å². The number of benzene rings is 2. The molecule has 2 aromatic carbocycles. The second kappa shape index (κ2) is 5.87. The number of hydrogen-bond acceptors (Lipinski definition) is 3. The molecule has 0 fully saturated rings. The van der Waals surface area contributed by atoms with Gasteiger partial charge in [-0.25, -0.2) is 9.78 Å². The number of halogens is 2. The lowest BCUT2D eigenvalue weighted by atomic mass is 10.3. The van der Waals surface area contributed by atoms with E-state index >= 15 is 0 Å². The molecule has 0 aliphatic rings. The highest BCUT2D eigenvalue weighted by atomic mass is 35.5. The Kier molecular flexibility index (Phi) is 3.92. The molecule has 0 radical (unpaired) electrons. The van der Waals surface area contributed by atoms with Crippen molar-refractivity contribution >= 4 is 51.7 Å². The van der Waals surface area contributed by atoms with Crippen molar-refractivity contribution < 1.29 is 9.21 Å². The maximum atomic E-state index is 12.0. The van der Waals surface area contributed by atoms with Crippen molar-refractivity contribution in [3.05, 3.63) is 52.3 Å². The van der Waals surface area contributed by atoms with Crippen LogP contribution in [-0.2, 0) is 0 Å². The van der Waals surface area contributed by atoms with Crippen LogP contribution < -0.4 is 10.6 Å². The highest BCUT2D eigenvalue weighted by Gasteiger charge is 2.08. The van der Waals surface area contributed by atoms with Crippen molar-refractivity contribution in [2.75, 3.05) is 10.6 Å². The quantitative estimate of drug-likeness (QED) is 0.685. The van der Waals surface area contributed by atoms with Gasteiger partial charge in [-0.1, -0.05) is 23.2 Å². The molecule has 0 aliphatic heterocycles. The molecule has 3 aromatic rings. The molecular formula is C15H11Cl2N3O2. The van der Waals surface area contributed by atoms with Gasteiger partial charge in [-0.3, -0.25) is 0 Å². The predicted octanol–water partition coefficient (Wildman–Crippen LogP) is 5.09. The summed E-state index contributed by atoms with van der Waals surface area (Å²) in [6, 6.07) is 9.64. The van der Waals surface area contributed by atoms with Crippen LogP contribution in [0.2, 0.25) is 10.0 Å². The number of nitrogens with one attached hydrogen (secondary N) is 2. The number of amides is 2. The second-order valence-electron chi connectivity index (χ2n) is 4.62. The number of fused-ring (bicyclic) bond motifs is 1. The summed E-state index contributed by atoms with van der Waals surface area (Å²) >= 11 is 11.8. The van der Waals surface area contributed by atoms with Gasteiger partial charge in [0.15, 0.2) is 11.5 Å². The summed E-state index contributed by atoms with van der Waals surface area (Å²) < 4.78 is 5.38. The van der Waals surface area contributed by atoms with Gasteiger partial charge in [0.05, 0.1) is 10.7 Å². The Morgan fingerprint density at radius 3 is 2.73 bits per heavy atom. The first-order chi connectivity index (χ1) is 10.5. The van der Waals surface area contributed by atoms with Crippen molar-refractivity contribution in [3.8, 4) is 0 Å². The molecule has 0 saturated heterocycles. The van der Waals surface area contributed by atoms with Crippen LogP contribution in [0.4, 0.5) is 16.2 Å². The summed E-state index contributed by atoms with van der Waals surface area (Å²) in [7, 11) is 0. The summed E-state index contributed by atoms with van der Waals surface area (Å²) in [6.45, 7) is 1.77. The molecule has 112 valence electrons. The third-order valence-corrected chi connectivity index (χ3v) is 3.48. The van der Waals surface area contributed by atoms with Crippen LogP contribution in [0.1, 0.15) is 5.89 Å². The number of anilines is 2. The minimum Gasteiger partial charge on any atom is -0.441 e. The summed E-state index contributed by atoms with van der Waals surface area (Å²) in [5, 5.41) is 6.23. The monoisotopic (exact) mass is 335 g/mol. The summed E-state index contributed by atoms with van der Waals surface area (Å²) in [6.07, 6.45) is 0. The smallest absolute Gasteiger partial charge is 0.323 e. The van der Waals surface area contributed by atoms with Crippen molar-refractivity contribution in [3.63, 3.8) is 0 Å². The molecule has 2 amide bonds. The number of nitrogens with zero attached hydrogens (tertiary/aromatic N) is 1. The lowest BCUT2D eigenvalue weighted by Crippen LogP contribution is -2.19. The SMILES string of the molecule is Cc1nc2cc(NC(=O)Nc3ccc(Cl)cc3Cl)ccc2o1. The van der Waals surface area contributed by atoms with Gasteiger partial charge in [0.2, 0.25) is 0 Å². The van der Waals surface area contributed by atoms with E-state index in [2.05, 4.69) is 15.6 Å². The molecule has 0 unspecified atom stereocenters. The van der Waals surface area contributed by atoms with Gasteiger partial charge in [-0.2, -0.15) is 0 Å². The van der Waals surface area contributed by atoms with Crippen molar-refractivity contribution in [1.82, 2.24) is 4.98 Å². The Morgan fingerprint density at radius 1 is 1.14 bits per heavy atom. The van der Waals surface area contributed by atoms with E-state index in [9.17, 15) is 4.79 Å². The van der Waals surface area contributed by atoms with Crippen LogP contribution in [-0.4, -0.2) is 11.0 Å². The van der Waals surface area contributed by atoms with Gasteiger partial charge >= 0.3 is 6.03 Å². The first kappa shape index (κ1) is 14.7. The number of hydrogen-bond donors (Lipinski definition) is 2. The second-order valence-corrected chi connectivity index (χ2v) is 5.46. The Morgan fingerprint density at radius 2 is 1.95 bits per heavy atom. The van der Waals surface area contributed by atoms with E-state index in [0.29, 0.717) is 38.4 Å². The number of carbonyl (C=O) groups excluding carboxylic acids is 1. The van der Waals surface area contributed by atoms with Crippen molar-refractivity contribution in [1.29, 1.82) is 0 Å². The molecule has 0 atom stereocenters. The van der Waals surface area contributed by atoms with Crippen LogP contribution in [0.15, 0.2) is 40.8 Å². The Balaban J connectivity index is 1.74. The number of aromatic nitrogens is 1.